The van der Waals surface area contributed by atoms with Crippen molar-refractivity contribution in [3.05, 3.63) is 106 Å². The van der Waals surface area contributed by atoms with Crippen LogP contribution in [0, 0.1) is 24.0 Å². The summed E-state index contributed by atoms with van der Waals surface area (Å²) in [5.74, 6) is 1.24. The van der Waals surface area contributed by atoms with Crippen LogP contribution in [0.5, 0.6) is 0 Å². The Morgan fingerprint density at radius 2 is 1.75 bits per heavy atom. The zero-order chi connectivity index (χ0) is 24.7. The quantitative estimate of drug-likeness (QED) is 0.262. The van der Waals surface area contributed by atoms with E-state index in [1.807, 2.05) is 77.4 Å². The van der Waals surface area contributed by atoms with Gasteiger partial charge in [-0.2, -0.15) is 0 Å². The van der Waals surface area contributed by atoms with E-state index >= 15 is 0 Å². The SMILES string of the molecule is O=C(NCc1ccccc1)C1CCC(Cn2c(SCc3cc#ccc3)nc3ccccc3c2=O)CC1. The number of amides is 1. The second-order valence-electron chi connectivity index (χ2n) is 9.38. The van der Waals surface area contributed by atoms with Crippen molar-refractivity contribution in [2.45, 2.75) is 49.7 Å². The van der Waals surface area contributed by atoms with E-state index in [1.165, 1.54) is 0 Å². The van der Waals surface area contributed by atoms with E-state index in [-0.39, 0.29) is 17.4 Å². The maximum absolute atomic E-state index is 13.5. The molecule has 1 amide bonds. The third-order valence-electron chi connectivity index (χ3n) is 6.88. The van der Waals surface area contributed by atoms with E-state index in [0.29, 0.717) is 30.1 Å². The van der Waals surface area contributed by atoms with Gasteiger partial charge in [0, 0.05) is 24.8 Å². The summed E-state index contributed by atoms with van der Waals surface area (Å²) in [6, 6.07) is 29.2. The van der Waals surface area contributed by atoms with E-state index in [9.17, 15) is 9.59 Å². The number of rotatable bonds is 8. The average Bonchev–Trinajstić information content (AvgIpc) is 2.94. The van der Waals surface area contributed by atoms with Crippen LogP contribution < -0.4 is 10.9 Å². The number of carbonyl (C=O) groups is 1. The molecular weight excluding hydrogens is 466 g/mol. The zero-order valence-electron chi connectivity index (χ0n) is 20.2. The molecule has 1 aliphatic rings. The van der Waals surface area contributed by atoms with Crippen molar-refractivity contribution < 1.29 is 4.79 Å². The van der Waals surface area contributed by atoms with Crippen LogP contribution in [-0.2, 0) is 23.6 Å². The van der Waals surface area contributed by atoms with Crippen LogP contribution in [0.25, 0.3) is 10.9 Å². The Hall–Kier alpha value is -3.56. The van der Waals surface area contributed by atoms with E-state index in [4.69, 9.17) is 4.98 Å². The number of benzene rings is 2. The molecule has 1 saturated carbocycles. The highest BCUT2D eigenvalue weighted by Gasteiger charge is 2.27. The molecule has 0 spiro atoms. The summed E-state index contributed by atoms with van der Waals surface area (Å²) in [6.45, 7) is 1.20. The molecular formula is C30H29N3O2S. The van der Waals surface area contributed by atoms with Gasteiger partial charge in [-0.3, -0.25) is 14.2 Å². The van der Waals surface area contributed by atoms with E-state index in [0.717, 1.165) is 47.5 Å². The monoisotopic (exact) mass is 495 g/mol. The van der Waals surface area contributed by atoms with Gasteiger partial charge in [-0.05, 0) is 73.1 Å². The van der Waals surface area contributed by atoms with Gasteiger partial charge in [-0.25, -0.2) is 4.98 Å². The van der Waals surface area contributed by atoms with Crippen molar-refractivity contribution in [3.8, 4) is 0 Å². The van der Waals surface area contributed by atoms with Gasteiger partial charge in [0.2, 0.25) is 5.91 Å². The summed E-state index contributed by atoms with van der Waals surface area (Å²) < 4.78 is 1.85. The molecule has 3 aromatic carbocycles. The maximum atomic E-state index is 13.5. The van der Waals surface area contributed by atoms with Crippen LogP contribution in [0.4, 0.5) is 0 Å². The topological polar surface area (TPSA) is 64.0 Å². The Bertz CT molecular complexity index is 1360. The van der Waals surface area contributed by atoms with Gasteiger partial charge < -0.3 is 5.32 Å². The average molecular weight is 496 g/mol. The Labute approximate surface area is 216 Å². The first-order valence-electron chi connectivity index (χ1n) is 12.5. The minimum absolute atomic E-state index is 0.0128. The van der Waals surface area contributed by atoms with Gasteiger partial charge in [-0.15, -0.1) is 0 Å². The number of hydrogen-bond donors (Lipinski definition) is 1. The summed E-state index contributed by atoms with van der Waals surface area (Å²) in [5, 5.41) is 4.49. The van der Waals surface area contributed by atoms with Crippen LogP contribution in [-0.4, -0.2) is 15.5 Å². The fraction of sp³-hybridized carbons (Fsp3) is 0.300. The lowest BCUT2D eigenvalue weighted by atomic mass is 9.81. The number of nitrogens with zero attached hydrogens (tertiary/aromatic N) is 2. The third-order valence-corrected chi connectivity index (χ3v) is 7.93. The molecule has 182 valence electrons. The summed E-state index contributed by atoms with van der Waals surface area (Å²) in [4.78, 5) is 31.0. The first-order chi connectivity index (χ1) is 17.7. The fourth-order valence-electron chi connectivity index (χ4n) is 4.83. The van der Waals surface area contributed by atoms with Gasteiger partial charge >= 0.3 is 0 Å². The van der Waals surface area contributed by atoms with Crippen LogP contribution in [0.3, 0.4) is 0 Å². The minimum Gasteiger partial charge on any atom is -0.352 e. The number of fused-ring (bicyclic) bond motifs is 1. The summed E-state index contributed by atoms with van der Waals surface area (Å²) in [6.07, 6.45) is 3.55. The van der Waals surface area contributed by atoms with Crippen molar-refractivity contribution in [2.24, 2.45) is 11.8 Å². The van der Waals surface area contributed by atoms with E-state index in [1.54, 1.807) is 11.8 Å². The number of carbonyl (C=O) groups excluding carboxylic acids is 1. The van der Waals surface area contributed by atoms with Crippen LogP contribution in [0.1, 0.15) is 36.8 Å². The minimum atomic E-state index is 0.0128. The molecule has 4 aromatic rings. The lowest BCUT2D eigenvalue weighted by Crippen LogP contribution is -2.34. The molecule has 0 saturated heterocycles. The lowest BCUT2D eigenvalue weighted by molar-refractivity contribution is -0.126. The molecule has 1 heterocycles. The Balaban J connectivity index is 1.25. The lowest BCUT2D eigenvalue weighted by Gasteiger charge is -2.28. The molecule has 0 bridgehead atoms. The van der Waals surface area contributed by atoms with Crippen molar-refractivity contribution in [1.29, 1.82) is 0 Å². The van der Waals surface area contributed by atoms with Crippen molar-refractivity contribution in [1.82, 2.24) is 14.9 Å². The first kappa shape index (κ1) is 24.1. The molecule has 1 N–H and O–H groups in total. The molecule has 0 radical (unpaired) electrons. The molecule has 5 nitrogen and oxygen atoms in total. The third kappa shape index (κ3) is 5.80. The fourth-order valence-corrected chi connectivity index (χ4v) is 5.78. The van der Waals surface area contributed by atoms with Crippen LogP contribution in [0.15, 0.2) is 82.7 Å². The van der Waals surface area contributed by atoms with Gasteiger partial charge in [0.05, 0.1) is 10.9 Å². The van der Waals surface area contributed by atoms with Crippen molar-refractivity contribution in [2.75, 3.05) is 0 Å². The molecule has 0 aliphatic heterocycles. The zero-order valence-corrected chi connectivity index (χ0v) is 21.0. The van der Waals surface area contributed by atoms with Gasteiger partial charge in [0.1, 0.15) is 0 Å². The number of aromatic nitrogens is 2. The first-order valence-corrected chi connectivity index (χ1v) is 13.5. The molecule has 5 rings (SSSR count). The second-order valence-corrected chi connectivity index (χ2v) is 10.3. The Morgan fingerprint density at radius 1 is 0.972 bits per heavy atom. The number of para-hydroxylation sites is 1. The van der Waals surface area contributed by atoms with Gasteiger partial charge in [0.25, 0.3) is 5.56 Å². The number of nitrogens with one attached hydrogen (secondary N) is 1. The Morgan fingerprint density at radius 3 is 2.53 bits per heavy atom. The number of hydrogen-bond acceptors (Lipinski definition) is 4. The number of thioether (sulfide) groups is 1. The molecule has 6 heteroatoms. The van der Waals surface area contributed by atoms with E-state index in [2.05, 4.69) is 17.4 Å². The Kier molecular flexibility index (Phi) is 7.68. The molecule has 1 aromatic heterocycles. The molecule has 0 atom stereocenters. The molecule has 1 aliphatic carbocycles. The van der Waals surface area contributed by atoms with Crippen LogP contribution in [0.2, 0.25) is 0 Å². The molecule has 36 heavy (non-hydrogen) atoms. The van der Waals surface area contributed by atoms with E-state index < -0.39 is 0 Å². The molecule has 0 unspecified atom stereocenters. The van der Waals surface area contributed by atoms with Crippen LogP contribution >= 0.6 is 11.8 Å². The highest BCUT2D eigenvalue weighted by Crippen LogP contribution is 2.31. The summed E-state index contributed by atoms with van der Waals surface area (Å²) in [7, 11) is 0. The summed E-state index contributed by atoms with van der Waals surface area (Å²) >= 11 is 1.58. The summed E-state index contributed by atoms with van der Waals surface area (Å²) in [5.41, 5.74) is 2.97. The van der Waals surface area contributed by atoms with Crippen molar-refractivity contribution in [3.63, 3.8) is 0 Å². The highest BCUT2D eigenvalue weighted by atomic mass is 32.2. The van der Waals surface area contributed by atoms with Crippen molar-refractivity contribution >= 4 is 28.6 Å². The van der Waals surface area contributed by atoms with Gasteiger partial charge in [-0.1, -0.05) is 66.4 Å². The maximum Gasteiger partial charge on any atom is 0.262 e. The molecule has 1 fully saturated rings. The predicted molar refractivity (Wildman–Crippen MR) is 143 cm³/mol. The predicted octanol–water partition coefficient (Wildman–Crippen LogP) is 5.41. The normalized spacial score (nSPS) is 17.4. The largest absolute Gasteiger partial charge is 0.352 e. The standard InChI is InChI=1S/C30H29N3O2S/c34-28(31-19-22-9-3-1-4-10-22)25-17-15-23(16-18-25)20-33-29(35)26-13-7-8-14-27(26)32-30(33)36-21-24-11-5-2-6-12-24/h1,3-5,7-14,23,25H,15-21H2,(H,31,34). The van der Waals surface area contributed by atoms with Gasteiger partial charge in [0.15, 0.2) is 5.16 Å². The second kappa shape index (κ2) is 11.5. The highest BCUT2D eigenvalue weighted by molar-refractivity contribution is 7.98. The smallest absolute Gasteiger partial charge is 0.262 e.